The van der Waals surface area contributed by atoms with E-state index in [0.717, 1.165) is 32.0 Å². The lowest BCUT2D eigenvalue weighted by Crippen LogP contribution is -2.60. The molecular formula is C22H24F2N2O2. The van der Waals surface area contributed by atoms with E-state index in [4.69, 9.17) is 4.42 Å². The molecule has 1 aromatic carbocycles. The maximum atomic E-state index is 13.9. The van der Waals surface area contributed by atoms with E-state index in [2.05, 4.69) is 4.90 Å². The van der Waals surface area contributed by atoms with Crippen molar-refractivity contribution >= 4 is 5.91 Å². The normalized spacial score (nSPS) is 31.3. The minimum Gasteiger partial charge on any atom is -0.466 e. The number of furan rings is 1. The highest BCUT2D eigenvalue weighted by atomic mass is 19.1. The summed E-state index contributed by atoms with van der Waals surface area (Å²) in [5, 5.41) is 0. The molecule has 5 heterocycles. The smallest absolute Gasteiger partial charge is 0.257 e. The molecule has 1 aromatic heterocycles. The van der Waals surface area contributed by atoms with Gasteiger partial charge in [0.25, 0.3) is 5.91 Å². The van der Waals surface area contributed by atoms with Crippen LogP contribution in [0.4, 0.5) is 8.78 Å². The second kappa shape index (κ2) is 6.41. The average Bonchev–Trinajstić information content (AvgIpc) is 3.23. The van der Waals surface area contributed by atoms with Crippen molar-refractivity contribution in [3.8, 4) is 0 Å². The highest BCUT2D eigenvalue weighted by Gasteiger charge is 2.55. The van der Waals surface area contributed by atoms with E-state index in [1.807, 2.05) is 18.7 Å². The van der Waals surface area contributed by atoms with Gasteiger partial charge in [-0.2, -0.15) is 0 Å². The number of benzene rings is 1. The molecule has 28 heavy (non-hydrogen) atoms. The Hall–Kier alpha value is -2.21. The summed E-state index contributed by atoms with van der Waals surface area (Å²) in [6.07, 6.45) is 2.14. The summed E-state index contributed by atoms with van der Waals surface area (Å²) in [4.78, 5) is 17.8. The zero-order chi connectivity index (χ0) is 19.6. The SMILES string of the molecule is Cc1cc(C(=O)N2C[C@H](c3cc(F)cc(F)c3)[C@H]3[C@@H]2C2CCN3CC2)c(C)o1. The zero-order valence-electron chi connectivity index (χ0n) is 16.1. The van der Waals surface area contributed by atoms with Crippen molar-refractivity contribution in [1.29, 1.82) is 0 Å². The van der Waals surface area contributed by atoms with E-state index in [0.29, 0.717) is 35.1 Å². The predicted octanol–water partition coefficient (Wildman–Crippen LogP) is 3.88. The third-order valence-electron chi connectivity index (χ3n) is 6.84. The number of likely N-dealkylation sites (tertiary alicyclic amines) is 1. The van der Waals surface area contributed by atoms with Gasteiger partial charge in [-0.3, -0.25) is 9.69 Å². The second-order valence-corrected chi connectivity index (χ2v) is 8.45. The van der Waals surface area contributed by atoms with Gasteiger partial charge >= 0.3 is 0 Å². The Morgan fingerprint density at radius 3 is 2.32 bits per heavy atom. The molecule has 1 amide bonds. The van der Waals surface area contributed by atoms with E-state index in [9.17, 15) is 13.6 Å². The number of rotatable bonds is 2. The lowest BCUT2D eigenvalue weighted by molar-refractivity contribution is -0.00348. The molecule has 0 saturated carbocycles. The van der Waals surface area contributed by atoms with Crippen LogP contribution < -0.4 is 0 Å². The number of nitrogens with zero attached hydrogens (tertiary/aromatic N) is 2. The molecule has 148 valence electrons. The number of aryl methyl sites for hydroxylation is 2. The van der Waals surface area contributed by atoms with Gasteiger partial charge in [-0.05, 0) is 69.5 Å². The van der Waals surface area contributed by atoms with Crippen LogP contribution in [0, 0.1) is 31.4 Å². The second-order valence-electron chi connectivity index (χ2n) is 8.45. The summed E-state index contributed by atoms with van der Waals surface area (Å²) in [6, 6.07) is 5.75. The van der Waals surface area contributed by atoms with Crippen LogP contribution in [0.1, 0.15) is 46.2 Å². The summed E-state index contributed by atoms with van der Waals surface area (Å²) >= 11 is 0. The largest absolute Gasteiger partial charge is 0.466 e. The number of hydrogen-bond donors (Lipinski definition) is 0. The molecule has 4 aliphatic heterocycles. The van der Waals surface area contributed by atoms with E-state index >= 15 is 0 Å². The van der Waals surface area contributed by atoms with Gasteiger partial charge < -0.3 is 9.32 Å². The number of amides is 1. The van der Waals surface area contributed by atoms with Crippen molar-refractivity contribution < 1.29 is 18.0 Å². The Labute approximate surface area is 163 Å². The zero-order valence-corrected chi connectivity index (χ0v) is 16.1. The number of fused-ring (bicyclic) bond motifs is 2. The summed E-state index contributed by atoms with van der Waals surface area (Å²) in [5.74, 6) is 0.542. The summed E-state index contributed by atoms with van der Waals surface area (Å²) in [6.45, 7) is 6.11. The summed E-state index contributed by atoms with van der Waals surface area (Å²) in [7, 11) is 0. The molecule has 2 aromatic rings. The Kier molecular flexibility index (Phi) is 4.09. The fraction of sp³-hybridized carbons (Fsp3) is 0.500. The first-order chi connectivity index (χ1) is 13.4. The van der Waals surface area contributed by atoms with Gasteiger partial charge in [0, 0.05) is 24.6 Å². The molecule has 0 unspecified atom stereocenters. The monoisotopic (exact) mass is 386 g/mol. The molecule has 2 bridgehead atoms. The van der Waals surface area contributed by atoms with E-state index in [1.165, 1.54) is 12.1 Å². The standard InChI is InChI=1S/C22H24F2N2O2/c1-12-7-18(13(2)28-12)22(27)26-11-19(15-8-16(23)10-17(24)9-15)21-20(26)14-3-5-25(21)6-4-14/h7-10,14,19-21H,3-6,11H2,1-2H3/t19-,20+,21+/m1/s1. The average molecular weight is 386 g/mol. The fourth-order valence-electron chi connectivity index (χ4n) is 5.73. The van der Waals surface area contributed by atoms with Crippen LogP contribution in [-0.4, -0.2) is 47.4 Å². The first kappa shape index (κ1) is 17.9. The van der Waals surface area contributed by atoms with Gasteiger partial charge in [0.1, 0.15) is 23.2 Å². The van der Waals surface area contributed by atoms with Crippen molar-refractivity contribution in [2.45, 2.75) is 44.7 Å². The maximum Gasteiger partial charge on any atom is 0.257 e. The molecule has 3 atom stereocenters. The Bertz CT molecular complexity index is 912. The number of halogens is 2. The highest BCUT2D eigenvalue weighted by Crippen LogP contribution is 2.47. The van der Waals surface area contributed by atoms with Crippen LogP contribution in [0.5, 0.6) is 0 Å². The number of carbonyl (C=O) groups excluding carboxylic acids is 1. The maximum absolute atomic E-state index is 13.9. The van der Waals surface area contributed by atoms with Crippen molar-refractivity contribution in [3.05, 3.63) is 58.5 Å². The summed E-state index contributed by atoms with van der Waals surface area (Å²) in [5.41, 5.74) is 1.24. The first-order valence-corrected chi connectivity index (χ1v) is 10.0. The van der Waals surface area contributed by atoms with Crippen LogP contribution in [-0.2, 0) is 0 Å². The minimum absolute atomic E-state index is 0.0301. The lowest BCUT2D eigenvalue weighted by Gasteiger charge is -2.51. The predicted molar refractivity (Wildman–Crippen MR) is 100 cm³/mol. The number of carbonyl (C=O) groups is 1. The lowest BCUT2D eigenvalue weighted by atomic mass is 9.75. The van der Waals surface area contributed by atoms with Gasteiger partial charge in [-0.1, -0.05) is 0 Å². The minimum atomic E-state index is -0.561. The molecule has 6 heteroatoms. The molecule has 4 fully saturated rings. The highest BCUT2D eigenvalue weighted by molar-refractivity contribution is 5.96. The molecule has 0 aliphatic carbocycles. The Balaban J connectivity index is 1.55. The Morgan fingerprint density at radius 1 is 1.04 bits per heavy atom. The van der Waals surface area contributed by atoms with Gasteiger partial charge in [0.2, 0.25) is 0 Å². The quantitative estimate of drug-likeness (QED) is 0.786. The third kappa shape index (κ3) is 2.69. The van der Waals surface area contributed by atoms with Crippen LogP contribution >= 0.6 is 0 Å². The molecule has 4 aliphatic rings. The molecular weight excluding hydrogens is 362 g/mol. The van der Waals surface area contributed by atoms with Crippen molar-refractivity contribution in [3.63, 3.8) is 0 Å². The third-order valence-corrected chi connectivity index (χ3v) is 6.84. The Morgan fingerprint density at radius 2 is 1.71 bits per heavy atom. The molecule has 6 rings (SSSR count). The van der Waals surface area contributed by atoms with Gasteiger partial charge in [-0.15, -0.1) is 0 Å². The van der Waals surface area contributed by atoms with Crippen molar-refractivity contribution in [1.82, 2.24) is 9.80 Å². The van der Waals surface area contributed by atoms with Crippen molar-refractivity contribution in [2.75, 3.05) is 19.6 Å². The van der Waals surface area contributed by atoms with Crippen molar-refractivity contribution in [2.24, 2.45) is 5.92 Å². The number of hydrogen-bond acceptors (Lipinski definition) is 3. The molecule has 4 nitrogen and oxygen atoms in total. The van der Waals surface area contributed by atoms with E-state index in [1.54, 1.807) is 6.07 Å². The van der Waals surface area contributed by atoms with Gasteiger partial charge in [0.15, 0.2) is 0 Å². The first-order valence-electron chi connectivity index (χ1n) is 10.0. The topological polar surface area (TPSA) is 36.7 Å². The van der Waals surface area contributed by atoms with Gasteiger partial charge in [0.05, 0.1) is 11.6 Å². The molecule has 0 radical (unpaired) electrons. The van der Waals surface area contributed by atoms with Crippen LogP contribution in [0.2, 0.25) is 0 Å². The number of piperidine rings is 3. The van der Waals surface area contributed by atoms with Gasteiger partial charge in [-0.25, -0.2) is 8.78 Å². The molecule has 0 spiro atoms. The van der Waals surface area contributed by atoms with E-state index < -0.39 is 11.6 Å². The van der Waals surface area contributed by atoms with Crippen LogP contribution in [0.15, 0.2) is 28.7 Å². The molecule has 4 saturated heterocycles. The summed E-state index contributed by atoms with van der Waals surface area (Å²) < 4.78 is 33.4. The fourth-order valence-corrected chi connectivity index (χ4v) is 5.73. The molecule has 0 N–H and O–H groups in total. The van der Waals surface area contributed by atoms with Crippen LogP contribution in [0.25, 0.3) is 0 Å². The van der Waals surface area contributed by atoms with E-state index in [-0.39, 0.29) is 23.9 Å². The van der Waals surface area contributed by atoms with Crippen LogP contribution in [0.3, 0.4) is 0 Å².